The van der Waals surface area contributed by atoms with Crippen LogP contribution in [0.3, 0.4) is 0 Å². The van der Waals surface area contributed by atoms with Crippen LogP contribution < -0.4 is 0 Å². The Hall–Kier alpha value is -0.790. The Morgan fingerprint density at radius 2 is 2.00 bits per heavy atom. The van der Waals surface area contributed by atoms with E-state index >= 15 is 0 Å². The predicted octanol–water partition coefficient (Wildman–Crippen LogP) is 2.83. The van der Waals surface area contributed by atoms with E-state index in [-0.39, 0.29) is 5.41 Å². The Bertz CT molecular complexity index is 224. The monoisotopic (exact) mass is 167 g/mol. The van der Waals surface area contributed by atoms with Crippen LogP contribution in [0.4, 0.5) is 0 Å². The summed E-state index contributed by atoms with van der Waals surface area (Å²) in [6.07, 6.45) is 2.33. The summed E-state index contributed by atoms with van der Waals surface area (Å²) in [6.45, 7) is 10.0. The predicted molar refractivity (Wildman–Crippen MR) is 50.5 cm³/mol. The van der Waals surface area contributed by atoms with Gasteiger partial charge in [-0.1, -0.05) is 31.2 Å². The lowest BCUT2D eigenvalue weighted by Crippen LogP contribution is -2.26. The molecule has 0 aromatic carbocycles. The molecule has 12 heavy (non-hydrogen) atoms. The summed E-state index contributed by atoms with van der Waals surface area (Å²) in [5, 5.41) is 12.3. The van der Waals surface area contributed by atoms with Crippen molar-refractivity contribution in [3.05, 3.63) is 12.2 Å². The highest BCUT2D eigenvalue weighted by Crippen LogP contribution is 2.40. The first-order valence-corrected chi connectivity index (χ1v) is 4.38. The second-order valence-electron chi connectivity index (χ2n) is 4.16. The third-order valence-corrected chi connectivity index (χ3v) is 2.78. The Morgan fingerprint density at radius 1 is 1.50 bits per heavy atom. The van der Waals surface area contributed by atoms with Crippen molar-refractivity contribution in [3.8, 4) is 0 Å². The van der Waals surface area contributed by atoms with Gasteiger partial charge in [0.25, 0.3) is 0 Å². The standard InChI is InChI=1S/C10H17NO/c1-7(2)10(3,4)9(11-12)8-5-6-8/h8,12H,1,5-6H2,2-4H3/b11-9+. The maximum absolute atomic E-state index is 8.87. The molecule has 68 valence electrons. The fraction of sp³-hybridized carbons (Fsp3) is 0.700. The first kappa shape index (κ1) is 9.30. The van der Waals surface area contributed by atoms with Gasteiger partial charge in [-0.25, -0.2) is 0 Å². The van der Waals surface area contributed by atoms with Crippen LogP contribution in [-0.4, -0.2) is 10.9 Å². The molecule has 0 unspecified atom stereocenters. The number of hydrogen-bond donors (Lipinski definition) is 1. The average Bonchev–Trinajstić information content (AvgIpc) is 2.72. The molecule has 0 aromatic rings. The molecule has 0 aliphatic heterocycles. The Morgan fingerprint density at radius 3 is 2.25 bits per heavy atom. The highest BCUT2D eigenvalue weighted by atomic mass is 16.4. The third kappa shape index (κ3) is 1.52. The van der Waals surface area contributed by atoms with Crippen molar-refractivity contribution >= 4 is 5.71 Å². The van der Waals surface area contributed by atoms with Crippen LogP contribution in [0.25, 0.3) is 0 Å². The van der Waals surface area contributed by atoms with Crippen LogP contribution >= 0.6 is 0 Å². The van der Waals surface area contributed by atoms with Gasteiger partial charge in [-0.05, 0) is 19.8 Å². The van der Waals surface area contributed by atoms with Crippen molar-refractivity contribution in [3.63, 3.8) is 0 Å². The van der Waals surface area contributed by atoms with E-state index in [0.29, 0.717) is 5.92 Å². The third-order valence-electron chi connectivity index (χ3n) is 2.78. The number of rotatable bonds is 3. The lowest BCUT2D eigenvalue weighted by molar-refractivity contribution is 0.309. The van der Waals surface area contributed by atoms with Gasteiger partial charge in [-0.3, -0.25) is 0 Å². The second kappa shape index (κ2) is 2.92. The SMILES string of the molecule is C=C(C)C(C)(C)/C(=N/O)C1CC1. The van der Waals surface area contributed by atoms with Gasteiger partial charge < -0.3 is 5.21 Å². The molecule has 0 spiro atoms. The van der Waals surface area contributed by atoms with Crippen molar-refractivity contribution in [1.82, 2.24) is 0 Å². The quantitative estimate of drug-likeness (QED) is 0.298. The van der Waals surface area contributed by atoms with Gasteiger partial charge in [-0.15, -0.1) is 0 Å². The molecule has 1 rings (SSSR count). The van der Waals surface area contributed by atoms with Gasteiger partial charge in [0.15, 0.2) is 0 Å². The van der Waals surface area contributed by atoms with E-state index in [1.165, 1.54) is 0 Å². The smallest absolute Gasteiger partial charge is 0.0697 e. The minimum absolute atomic E-state index is 0.143. The highest BCUT2D eigenvalue weighted by molar-refractivity contribution is 5.95. The van der Waals surface area contributed by atoms with Crippen LogP contribution in [0, 0.1) is 11.3 Å². The zero-order chi connectivity index (χ0) is 9.35. The van der Waals surface area contributed by atoms with Crippen molar-refractivity contribution in [2.45, 2.75) is 33.6 Å². The summed E-state index contributed by atoms with van der Waals surface area (Å²) in [5.74, 6) is 0.502. The lowest BCUT2D eigenvalue weighted by Gasteiger charge is -2.25. The van der Waals surface area contributed by atoms with Gasteiger partial charge in [0.05, 0.1) is 5.71 Å². The van der Waals surface area contributed by atoms with Crippen LogP contribution in [-0.2, 0) is 0 Å². The molecule has 1 fully saturated rings. The van der Waals surface area contributed by atoms with Crippen LogP contribution in [0.2, 0.25) is 0 Å². The van der Waals surface area contributed by atoms with Gasteiger partial charge >= 0.3 is 0 Å². The van der Waals surface area contributed by atoms with E-state index in [9.17, 15) is 0 Å². The molecule has 1 aliphatic rings. The minimum atomic E-state index is -0.143. The second-order valence-corrected chi connectivity index (χ2v) is 4.16. The number of hydrogen-bond acceptors (Lipinski definition) is 2. The van der Waals surface area contributed by atoms with Gasteiger partial charge in [0.1, 0.15) is 0 Å². The van der Waals surface area contributed by atoms with E-state index in [2.05, 4.69) is 25.6 Å². The fourth-order valence-electron chi connectivity index (χ4n) is 1.29. The summed E-state index contributed by atoms with van der Waals surface area (Å²) in [7, 11) is 0. The number of oxime groups is 1. The Balaban J connectivity index is 2.83. The first-order valence-electron chi connectivity index (χ1n) is 4.38. The van der Waals surface area contributed by atoms with Crippen molar-refractivity contribution < 1.29 is 5.21 Å². The molecule has 1 aliphatic carbocycles. The normalized spacial score (nSPS) is 19.4. The van der Waals surface area contributed by atoms with Gasteiger partial charge in [0, 0.05) is 11.3 Å². The van der Waals surface area contributed by atoms with Crippen LogP contribution in [0.5, 0.6) is 0 Å². The molecule has 1 N–H and O–H groups in total. The molecule has 0 aromatic heterocycles. The van der Waals surface area contributed by atoms with Gasteiger partial charge in [0.2, 0.25) is 0 Å². The summed E-state index contributed by atoms with van der Waals surface area (Å²) >= 11 is 0. The largest absolute Gasteiger partial charge is 0.411 e. The highest BCUT2D eigenvalue weighted by Gasteiger charge is 2.38. The molecule has 2 nitrogen and oxygen atoms in total. The molecule has 0 amide bonds. The maximum atomic E-state index is 8.87. The van der Waals surface area contributed by atoms with E-state index in [1.54, 1.807) is 0 Å². The first-order chi connectivity index (χ1) is 5.50. The molecule has 0 bridgehead atoms. The molecule has 0 atom stereocenters. The lowest BCUT2D eigenvalue weighted by atomic mass is 9.79. The number of nitrogens with zero attached hydrogens (tertiary/aromatic N) is 1. The van der Waals surface area contributed by atoms with Crippen molar-refractivity contribution in [2.24, 2.45) is 16.5 Å². The zero-order valence-corrected chi connectivity index (χ0v) is 8.09. The summed E-state index contributed by atoms with van der Waals surface area (Å²) < 4.78 is 0. The van der Waals surface area contributed by atoms with Crippen molar-refractivity contribution in [2.75, 3.05) is 0 Å². The Labute approximate surface area is 74.0 Å². The average molecular weight is 167 g/mol. The van der Waals surface area contributed by atoms with Crippen molar-refractivity contribution in [1.29, 1.82) is 0 Å². The molecular formula is C10H17NO. The maximum Gasteiger partial charge on any atom is 0.0697 e. The molecule has 0 saturated heterocycles. The molecule has 0 heterocycles. The summed E-state index contributed by atoms with van der Waals surface area (Å²) in [5.41, 5.74) is 1.81. The van der Waals surface area contributed by atoms with Crippen LogP contribution in [0.1, 0.15) is 33.6 Å². The van der Waals surface area contributed by atoms with Crippen LogP contribution in [0.15, 0.2) is 17.3 Å². The topological polar surface area (TPSA) is 32.6 Å². The minimum Gasteiger partial charge on any atom is -0.411 e. The molecule has 1 saturated carbocycles. The summed E-state index contributed by atoms with van der Waals surface area (Å²) in [6, 6.07) is 0. The van der Waals surface area contributed by atoms with E-state index in [0.717, 1.165) is 24.1 Å². The molecule has 0 radical (unpaired) electrons. The Kier molecular flexibility index (Phi) is 2.27. The molecular weight excluding hydrogens is 150 g/mol. The van der Waals surface area contributed by atoms with E-state index in [1.807, 2.05) is 6.92 Å². The zero-order valence-electron chi connectivity index (χ0n) is 8.09. The number of allylic oxidation sites excluding steroid dienone is 1. The van der Waals surface area contributed by atoms with E-state index < -0.39 is 0 Å². The summed E-state index contributed by atoms with van der Waals surface area (Å²) in [4.78, 5) is 0. The van der Waals surface area contributed by atoms with E-state index in [4.69, 9.17) is 5.21 Å². The fourth-order valence-corrected chi connectivity index (χ4v) is 1.29. The van der Waals surface area contributed by atoms with Gasteiger partial charge in [-0.2, -0.15) is 0 Å². The molecule has 2 heteroatoms.